The number of allylic oxidation sites excluding steroid dienone is 3. The van der Waals surface area contributed by atoms with E-state index in [1.54, 1.807) is 18.1 Å². The van der Waals surface area contributed by atoms with Gasteiger partial charge in [-0.2, -0.15) is 5.10 Å². The number of anilines is 1. The fourth-order valence-corrected chi connectivity index (χ4v) is 4.61. The molecule has 176 valence electrons. The van der Waals surface area contributed by atoms with Crippen LogP contribution in [0, 0.1) is 0 Å². The zero-order valence-electron chi connectivity index (χ0n) is 19.8. The van der Waals surface area contributed by atoms with E-state index in [1.165, 1.54) is 0 Å². The van der Waals surface area contributed by atoms with E-state index in [4.69, 9.17) is 0 Å². The Bertz CT molecular complexity index is 1350. The van der Waals surface area contributed by atoms with Crippen LogP contribution in [-0.4, -0.2) is 32.7 Å². The van der Waals surface area contributed by atoms with Gasteiger partial charge in [0.15, 0.2) is 0 Å². The number of rotatable bonds is 6. The molecular formula is C29H28N4O2. The van der Waals surface area contributed by atoms with E-state index in [9.17, 15) is 9.90 Å². The third-order valence-corrected chi connectivity index (χ3v) is 6.49. The topological polar surface area (TPSA) is 61.6 Å². The van der Waals surface area contributed by atoms with E-state index in [-0.39, 0.29) is 12.5 Å². The van der Waals surface area contributed by atoms with Crippen LogP contribution in [-0.2, 0) is 17.9 Å². The van der Waals surface area contributed by atoms with Crippen molar-refractivity contribution in [3.05, 3.63) is 125 Å². The SMILES string of the molecule is C=C1C(C(=O)N(C)c2ccccc2CO)=CN(Cc2ccc(-n3cccn3)cc2)C2=CCCC=C12. The summed E-state index contributed by atoms with van der Waals surface area (Å²) in [4.78, 5) is 17.4. The molecule has 0 spiro atoms. The summed E-state index contributed by atoms with van der Waals surface area (Å²) in [6.07, 6.45) is 11.9. The summed E-state index contributed by atoms with van der Waals surface area (Å²) in [6, 6.07) is 17.6. The molecule has 0 unspecified atom stereocenters. The molecule has 0 fully saturated rings. The van der Waals surface area contributed by atoms with Gasteiger partial charge in [0, 0.05) is 54.7 Å². The van der Waals surface area contributed by atoms with Crippen LogP contribution in [0.5, 0.6) is 0 Å². The highest BCUT2D eigenvalue weighted by atomic mass is 16.3. The number of hydrogen-bond acceptors (Lipinski definition) is 4. The standard InChI is InChI=1S/C29H28N4O2/c1-21-25-9-4-6-11-28(25)32(18-22-12-14-24(15-13-22)33-17-7-16-30-33)19-26(21)29(35)31(2)27-10-5-3-8-23(27)20-34/h3,5,7-17,19,34H,1,4,6,18,20H2,2H3. The molecule has 1 amide bonds. The van der Waals surface area contributed by atoms with Crippen LogP contribution >= 0.6 is 0 Å². The van der Waals surface area contributed by atoms with Gasteiger partial charge in [-0.25, -0.2) is 4.68 Å². The summed E-state index contributed by atoms with van der Waals surface area (Å²) in [6.45, 7) is 4.79. The molecule has 35 heavy (non-hydrogen) atoms. The average molecular weight is 465 g/mol. The fourth-order valence-electron chi connectivity index (χ4n) is 4.61. The summed E-state index contributed by atoms with van der Waals surface area (Å²) in [5, 5.41) is 14.0. The summed E-state index contributed by atoms with van der Waals surface area (Å²) in [7, 11) is 1.74. The Morgan fingerprint density at radius 2 is 1.86 bits per heavy atom. The Labute approximate surface area is 205 Å². The molecule has 6 heteroatoms. The first-order valence-electron chi connectivity index (χ1n) is 11.7. The van der Waals surface area contributed by atoms with Gasteiger partial charge in [-0.3, -0.25) is 4.79 Å². The molecule has 0 saturated heterocycles. The molecule has 5 rings (SSSR count). The van der Waals surface area contributed by atoms with Gasteiger partial charge in [-0.05, 0) is 48.2 Å². The number of aliphatic hydroxyl groups excluding tert-OH is 1. The van der Waals surface area contributed by atoms with E-state index >= 15 is 0 Å². The highest BCUT2D eigenvalue weighted by molar-refractivity contribution is 6.09. The smallest absolute Gasteiger partial charge is 0.260 e. The number of aliphatic hydroxyl groups is 1. The number of carbonyl (C=O) groups is 1. The highest BCUT2D eigenvalue weighted by Crippen LogP contribution is 2.38. The van der Waals surface area contributed by atoms with E-state index in [1.807, 2.05) is 59.5 Å². The van der Waals surface area contributed by atoms with Crippen LogP contribution in [0.3, 0.4) is 0 Å². The van der Waals surface area contributed by atoms with Crippen LogP contribution in [0.25, 0.3) is 5.69 Å². The minimum atomic E-state index is -0.152. The van der Waals surface area contributed by atoms with Crippen LogP contribution in [0.15, 0.2) is 114 Å². The number of aromatic nitrogens is 2. The molecule has 0 saturated carbocycles. The Morgan fingerprint density at radius 1 is 1.09 bits per heavy atom. The molecule has 0 radical (unpaired) electrons. The fraction of sp³-hybridized carbons (Fsp3) is 0.172. The lowest BCUT2D eigenvalue weighted by atomic mass is 9.88. The Morgan fingerprint density at radius 3 is 2.60 bits per heavy atom. The minimum Gasteiger partial charge on any atom is -0.392 e. The maximum atomic E-state index is 13.7. The molecule has 1 aliphatic carbocycles. The second-order valence-electron chi connectivity index (χ2n) is 8.70. The summed E-state index contributed by atoms with van der Waals surface area (Å²) in [5.74, 6) is -0.152. The van der Waals surface area contributed by atoms with Crippen molar-refractivity contribution in [3.8, 4) is 5.69 Å². The minimum absolute atomic E-state index is 0.132. The number of carbonyl (C=O) groups excluding carboxylic acids is 1. The number of amides is 1. The van der Waals surface area contributed by atoms with E-state index in [2.05, 4.69) is 40.9 Å². The predicted molar refractivity (Wildman–Crippen MR) is 138 cm³/mol. The lowest BCUT2D eigenvalue weighted by Gasteiger charge is -2.35. The van der Waals surface area contributed by atoms with Crippen molar-refractivity contribution in [3.63, 3.8) is 0 Å². The molecule has 3 aromatic rings. The van der Waals surface area contributed by atoms with Crippen molar-refractivity contribution in [2.24, 2.45) is 0 Å². The molecule has 2 aliphatic rings. The number of nitrogens with zero attached hydrogens (tertiary/aromatic N) is 4. The molecule has 0 bridgehead atoms. The van der Waals surface area contributed by atoms with E-state index in [0.717, 1.165) is 40.9 Å². The van der Waals surface area contributed by atoms with Gasteiger partial charge < -0.3 is 14.9 Å². The van der Waals surface area contributed by atoms with E-state index in [0.29, 0.717) is 23.4 Å². The summed E-state index contributed by atoms with van der Waals surface area (Å²) >= 11 is 0. The van der Waals surface area contributed by atoms with Crippen LogP contribution in [0.2, 0.25) is 0 Å². The van der Waals surface area contributed by atoms with Crippen molar-refractivity contribution >= 4 is 11.6 Å². The maximum absolute atomic E-state index is 13.7. The van der Waals surface area contributed by atoms with Crippen molar-refractivity contribution in [1.82, 2.24) is 14.7 Å². The zero-order valence-corrected chi connectivity index (χ0v) is 19.8. The number of fused-ring (bicyclic) bond motifs is 1. The Kier molecular flexibility index (Phi) is 6.21. The number of para-hydroxylation sites is 1. The molecule has 1 N–H and O–H groups in total. The van der Waals surface area contributed by atoms with Crippen molar-refractivity contribution in [2.75, 3.05) is 11.9 Å². The predicted octanol–water partition coefficient (Wildman–Crippen LogP) is 4.89. The first-order valence-corrected chi connectivity index (χ1v) is 11.7. The van der Waals surface area contributed by atoms with Gasteiger partial charge in [0.2, 0.25) is 0 Å². The van der Waals surface area contributed by atoms with Gasteiger partial charge >= 0.3 is 0 Å². The Balaban J connectivity index is 1.46. The van der Waals surface area contributed by atoms with E-state index < -0.39 is 0 Å². The van der Waals surface area contributed by atoms with Crippen LogP contribution < -0.4 is 4.90 Å². The van der Waals surface area contributed by atoms with Gasteiger partial charge in [0.1, 0.15) is 0 Å². The highest BCUT2D eigenvalue weighted by Gasteiger charge is 2.30. The second-order valence-corrected chi connectivity index (χ2v) is 8.70. The third kappa shape index (κ3) is 4.36. The quantitative estimate of drug-likeness (QED) is 0.564. The first kappa shape index (κ1) is 22.6. The van der Waals surface area contributed by atoms with Crippen molar-refractivity contribution in [2.45, 2.75) is 26.0 Å². The normalized spacial score (nSPS) is 15.2. The first-order chi connectivity index (χ1) is 17.1. The molecule has 2 heterocycles. The number of benzene rings is 2. The lowest BCUT2D eigenvalue weighted by Crippen LogP contribution is -2.34. The van der Waals surface area contributed by atoms with Gasteiger partial charge in [0.05, 0.1) is 17.9 Å². The maximum Gasteiger partial charge on any atom is 0.260 e. The molecule has 2 aromatic carbocycles. The Hall–Kier alpha value is -4.16. The van der Waals surface area contributed by atoms with Gasteiger partial charge in [0.25, 0.3) is 5.91 Å². The average Bonchev–Trinajstić information content (AvgIpc) is 3.45. The zero-order chi connectivity index (χ0) is 24.4. The molecule has 0 atom stereocenters. The number of hydrogen-bond donors (Lipinski definition) is 1. The lowest BCUT2D eigenvalue weighted by molar-refractivity contribution is -0.114. The van der Waals surface area contributed by atoms with Gasteiger partial charge in [-0.1, -0.05) is 49.1 Å². The summed E-state index contributed by atoms with van der Waals surface area (Å²) in [5.41, 5.74) is 6.91. The number of likely N-dealkylation sites (N-methyl/N-ethyl adjacent to an activating group) is 1. The molecule has 1 aliphatic heterocycles. The molecular weight excluding hydrogens is 436 g/mol. The molecule has 6 nitrogen and oxygen atoms in total. The monoisotopic (exact) mass is 464 g/mol. The summed E-state index contributed by atoms with van der Waals surface area (Å²) < 4.78 is 1.83. The van der Waals surface area contributed by atoms with Gasteiger partial charge in [-0.15, -0.1) is 0 Å². The van der Waals surface area contributed by atoms with Crippen LogP contribution in [0.1, 0.15) is 24.0 Å². The largest absolute Gasteiger partial charge is 0.392 e. The van der Waals surface area contributed by atoms with Crippen molar-refractivity contribution in [1.29, 1.82) is 0 Å². The third-order valence-electron chi connectivity index (χ3n) is 6.49. The second kappa shape index (κ2) is 9.60. The van der Waals surface area contributed by atoms with Crippen molar-refractivity contribution < 1.29 is 9.90 Å². The van der Waals surface area contributed by atoms with Crippen LogP contribution in [0.4, 0.5) is 5.69 Å². The molecule has 1 aromatic heterocycles.